The Labute approximate surface area is 176 Å². The minimum Gasteiger partial charge on any atom is -0.497 e. The number of methoxy groups -OCH3 is 1. The Morgan fingerprint density at radius 3 is 2.83 bits per heavy atom. The van der Waals surface area contributed by atoms with Crippen molar-refractivity contribution < 1.29 is 13.9 Å². The van der Waals surface area contributed by atoms with Crippen molar-refractivity contribution in [3.8, 4) is 5.75 Å². The van der Waals surface area contributed by atoms with Gasteiger partial charge in [0.1, 0.15) is 11.3 Å². The molecule has 0 bridgehead atoms. The molecule has 0 atom stereocenters. The summed E-state index contributed by atoms with van der Waals surface area (Å²) in [5.41, 5.74) is 2.36. The minimum atomic E-state index is -0.249. The molecule has 0 aliphatic carbocycles. The van der Waals surface area contributed by atoms with Crippen molar-refractivity contribution in [2.45, 2.75) is 6.54 Å². The number of furan rings is 1. The van der Waals surface area contributed by atoms with E-state index in [0.717, 1.165) is 26.9 Å². The maximum Gasteiger partial charge on any atom is 0.296 e. The number of carbonyl (C=O) groups is 1. The molecule has 7 heteroatoms. The Morgan fingerprint density at radius 2 is 2.03 bits per heavy atom. The van der Waals surface area contributed by atoms with Crippen LogP contribution in [0.5, 0.6) is 5.75 Å². The Morgan fingerprint density at radius 1 is 1.13 bits per heavy atom. The molecule has 0 unspecified atom stereocenters. The highest BCUT2D eigenvalue weighted by Gasteiger charge is 2.25. The molecule has 3 heterocycles. The highest BCUT2D eigenvalue weighted by Crippen LogP contribution is 2.33. The van der Waals surface area contributed by atoms with Gasteiger partial charge in [0.05, 0.1) is 23.9 Å². The summed E-state index contributed by atoms with van der Waals surface area (Å²) in [4.78, 5) is 24.0. The quantitative estimate of drug-likeness (QED) is 0.390. The summed E-state index contributed by atoms with van der Waals surface area (Å²) in [6.45, 7) is 0.334. The van der Waals surface area contributed by atoms with Crippen molar-refractivity contribution in [2.75, 3.05) is 12.0 Å². The third-order valence-corrected chi connectivity index (χ3v) is 5.82. The summed E-state index contributed by atoms with van der Waals surface area (Å²) >= 11 is 1.45. The van der Waals surface area contributed by atoms with Gasteiger partial charge in [0.2, 0.25) is 0 Å². The molecule has 1 amide bonds. The Balaban J connectivity index is 1.58. The molecule has 0 N–H and O–H groups in total. The monoisotopic (exact) mass is 415 g/mol. The summed E-state index contributed by atoms with van der Waals surface area (Å²) in [6, 6.07) is 18.8. The lowest BCUT2D eigenvalue weighted by molar-refractivity contribution is 0.0960. The fraction of sp³-hybridized carbons (Fsp3) is 0.0870. The lowest BCUT2D eigenvalue weighted by atomic mass is 10.2. The number of rotatable bonds is 5. The van der Waals surface area contributed by atoms with Gasteiger partial charge < -0.3 is 9.15 Å². The first-order valence-electron chi connectivity index (χ1n) is 9.35. The van der Waals surface area contributed by atoms with Crippen LogP contribution < -0.4 is 9.64 Å². The van der Waals surface area contributed by atoms with Crippen LogP contribution in [0.1, 0.15) is 16.1 Å². The van der Waals surface area contributed by atoms with Crippen molar-refractivity contribution in [1.82, 2.24) is 9.97 Å². The van der Waals surface area contributed by atoms with Crippen LogP contribution in [0.25, 0.3) is 21.2 Å². The van der Waals surface area contributed by atoms with E-state index in [1.807, 2.05) is 54.6 Å². The SMILES string of the molecule is COc1ccc2sc(N(Cc3cccnc3)C(=O)c3cc4ccccc4o3)nc2c1. The second-order valence-corrected chi connectivity index (χ2v) is 7.74. The van der Waals surface area contributed by atoms with Crippen LogP contribution in [0, 0.1) is 0 Å². The molecular weight excluding hydrogens is 398 g/mol. The molecule has 6 nitrogen and oxygen atoms in total. The van der Waals surface area contributed by atoms with E-state index in [0.29, 0.717) is 17.3 Å². The molecular formula is C23H17N3O3S. The van der Waals surface area contributed by atoms with Gasteiger partial charge in [-0.1, -0.05) is 35.6 Å². The second-order valence-electron chi connectivity index (χ2n) is 6.73. The van der Waals surface area contributed by atoms with Gasteiger partial charge in [0, 0.05) is 23.8 Å². The number of pyridine rings is 1. The van der Waals surface area contributed by atoms with Crippen molar-refractivity contribution in [2.24, 2.45) is 0 Å². The van der Waals surface area contributed by atoms with Crippen molar-refractivity contribution in [3.05, 3.63) is 84.4 Å². The standard InChI is InChI=1S/C23H17N3O3S/c1-28-17-8-9-21-18(12-17)25-23(30-21)26(14-15-5-4-10-24-13-15)22(27)20-11-16-6-2-3-7-19(16)29-20/h2-13H,14H2,1H3. The predicted molar refractivity (Wildman–Crippen MR) is 117 cm³/mol. The first kappa shape index (κ1) is 18.3. The number of nitrogens with zero attached hydrogens (tertiary/aromatic N) is 3. The molecule has 0 spiro atoms. The maximum atomic E-state index is 13.5. The molecule has 148 valence electrons. The van der Waals surface area contributed by atoms with Crippen LogP contribution in [-0.2, 0) is 6.54 Å². The number of amides is 1. The summed E-state index contributed by atoms with van der Waals surface area (Å²) in [5.74, 6) is 0.750. The number of hydrogen-bond donors (Lipinski definition) is 0. The van der Waals surface area contributed by atoms with Crippen LogP contribution in [-0.4, -0.2) is 23.0 Å². The number of anilines is 1. The summed E-state index contributed by atoms with van der Waals surface area (Å²) < 4.78 is 12.1. The number of thiazole rings is 1. The number of para-hydroxylation sites is 1. The lowest BCUT2D eigenvalue weighted by Gasteiger charge is -2.18. The molecule has 0 aliphatic rings. The third-order valence-electron chi connectivity index (χ3n) is 4.76. The van der Waals surface area contributed by atoms with E-state index in [1.165, 1.54) is 11.3 Å². The first-order chi connectivity index (χ1) is 14.7. The van der Waals surface area contributed by atoms with Crippen LogP contribution in [0.4, 0.5) is 5.13 Å². The van der Waals surface area contributed by atoms with Gasteiger partial charge in [-0.05, 0) is 35.9 Å². The number of ether oxygens (including phenoxy) is 1. The highest BCUT2D eigenvalue weighted by molar-refractivity contribution is 7.22. The largest absolute Gasteiger partial charge is 0.497 e. The van der Waals surface area contributed by atoms with Crippen LogP contribution in [0.15, 0.2) is 77.5 Å². The van der Waals surface area contributed by atoms with Crippen LogP contribution >= 0.6 is 11.3 Å². The third kappa shape index (κ3) is 3.40. The van der Waals surface area contributed by atoms with E-state index >= 15 is 0 Å². The van der Waals surface area contributed by atoms with Crippen molar-refractivity contribution >= 4 is 43.6 Å². The van der Waals surface area contributed by atoms with Gasteiger partial charge in [-0.25, -0.2) is 4.98 Å². The number of aromatic nitrogens is 2. The van der Waals surface area contributed by atoms with Crippen LogP contribution in [0.3, 0.4) is 0 Å². The molecule has 5 aromatic rings. The van der Waals surface area contributed by atoms with Gasteiger partial charge in [0.15, 0.2) is 10.9 Å². The van der Waals surface area contributed by atoms with Crippen LogP contribution in [0.2, 0.25) is 0 Å². The zero-order chi connectivity index (χ0) is 20.5. The first-order valence-corrected chi connectivity index (χ1v) is 10.2. The second kappa shape index (κ2) is 7.61. The molecule has 30 heavy (non-hydrogen) atoms. The fourth-order valence-electron chi connectivity index (χ4n) is 3.26. The van der Waals surface area contributed by atoms with Gasteiger partial charge in [0.25, 0.3) is 5.91 Å². The molecule has 2 aromatic carbocycles. The lowest BCUT2D eigenvalue weighted by Crippen LogP contribution is -2.30. The fourth-order valence-corrected chi connectivity index (χ4v) is 4.20. The predicted octanol–water partition coefficient (Wildman–Crippen LogP) is 5.29. The average molecular weight is 415 g/mol. The summed E-state index contributed by atoms with van der Waals surface area (Å²) in [6.07, 6.45) is 3.45. The number of carbonyl (C=O) groups excluding carboxylic acids is 1. The van der Waals surface area contributed by atoms with E-state index in [9.17, 15) is 4.79 Å². The Kier molecular flexibility index (Phi) is 4.65. The number of fused-ring (bicyclic) bond motifs is 2. The van der Waals surface area contributed by atoms with E-state index in [1.54, 1.807) is 30.5 Å². The molecule has 0 aliphatic heterocycles. The van der Waals surface area contributed by atoms with Crippen molar-refractivity contribution in [1.29, 1.82) is 0 Å². The number of benzene rings is 2. The smallest absolute Gasteiger partial charge is 0.296 e. The van der Waals surface area contributed by atoms with Gasteiger partial charge >= 0.3 is 0 Å². The molecule has 0 saturated carbocycles. The molecule has 0 saturated heterocycles. The van der Waals surface area contributed by atoms with E-state index < -0.39 is 0 Å². The molecule has 3 aromatic heterocycles. The van der Waals surface area contributed by atoms with Crippen molar-refractivity contribution in [3.63, 3.8) is 0 Å². The van der Waals surface area contributed by atoms with Gasteiger partial charge in [-0.3, -0.25) is 14.7 Å². The van der Waals surface area contributed by atoms with Gasteiger partial charge in [-0.2, -0.15) is 0 Å². The summed E-state index contributed by atoms with van der Waals surface area (Å²) in [5, 5.41) is 1.48. The zero-order valence-corrected chi connectivity index (χ0v) is 16.9. The van der Waals surface area contributed by atoms with E-state index in [-0.39, 0.29) is 11.7 Å². The summed E-state index contributed by atoms with van der Waals surface area (Å²) in [7, 11) is 1.62. The average Bonchev–Trinajstić information content (AvgIpc) is 3.41. The zero-order valence-electron chi connectivity index (χ0n) is 16.1. The topological polar surface area (TPSA) is 68.5 Å². The minimum absolute atomic E-state index is 0.249. The molecule has 5 rings (SSSR count). The maximum absolute atomic E-state index is 13.5. The van der Waals surface area contributed by atoms with E-state index in [4.69, 9.17) is 14.1 Å². The number of hydrogen-bond acceptors (Lipinski definition) is 6. The molecule has 0 radical (unpaired) electrons. The van der Waals surface area contributed by atoms with E-state index in [2.05, 4.69) is 4.98 Å². The Hall–Kier alpha value is -3.71. The normalized spacial score (nSPS) is 11.1. The Bertz CT molecular complexity index is 1310. The highest BCUT2D eigenvalue weighted by atomic mass is 32.1. The molecule has 0 fully saturated rings. The van der Waals surface area contributed by atoms with Gasteiger partial charge in [-0.15, -0.1) is 0 Å².